The Balaban J connectivity index is 2.02. The summed E-state index contributed by atoms with van der Waals surface area (Å²) in [5.74, 6) is -0.274. The Morgan fingerprint density at radius 2 is 1.70 bits per heavy atom. The van der Waals surface area contributed by atoms with Crippen LogP contribution in [0.5, 0.6) is 0 Å². The number of hydrogen-bond acceptors (Lipinski definition) is 2. The first-order valence-electron chi connectivity index (χ1n) is 6.02. The molecule has 2 N–H and O–H groups in total. The lowest BCUT2D eigenvalue weighted by atomic mass is 10.1. The average Bonchev–Trinajstić information content (AvgIpc) is 2.48. The highest BCUT2D eigenvalue weighted by molar-refractivity contribution is 6.43. The molecule has 104 valence electrons. The summed E-state index contributed by atoms with van der Waals surface area (Å²) in [6.07, 6.45) is 0. The topological polar surface area (TPSA) is 49.3 Å². The monoisotopic (exact) mass is 309 g/mol. The highest BCUT2D eigenvalue weighted by Crippen LogP contribution is 2.25. The van der Waals surface area contributed by atoms with E-state index >= 15 is 0 Å². The highest BCUT2D eigenvalue weighted by Gasteiger charge is 2.11. The zero-order chi connectivity index (χ0) is 14.5. The van der Waals surface area contributed by atoms with Crippen LogP contribution in [0.15, 0.2) is 42.5 Å². The average molecular weight is 310 g/mol. The van der Waals surface area contributed by atoms with Crippen molar-refractivity contribution < 1.29 is 9.90 Å². The van der Waals surface area contributed by atoms with Crippen LogP contribution in [0.4, 0.5) is 0 Å². The zero-order valence-electron chi connectivity index (χ0n) is 10.6. The molecule has 0 saturated carbocycles. The largest absolute Gasteiger partial charge is 0.392 e. The number of carbonyl (C=O) groups excluding carboxylic acids is 1. The fraction of sp³-hybridized carbons (Fsp3) is 0.133. The molecule has 0 spiro atoms. The Bertz CT molecular complexity index is 612. The summed E-state index contributed by atoms with van der Waals surface area (Å²) in [5, 5.41) is 12.3. The van der Waals surface area contributed by atoms with E-state index in [-0.39, 0.29) is 17.5 Å². The molecule has 0 aromatic heterocycles. The third-order valence-corrected chi connectivity index (χ3v) is 3.67. The standard InChI is InChI=1S/C15H13Cl2NO2/c16-13-3-1-2-12(14(13)17)15(20)18-8-10-4-6-11(9-19)7-5-10/h1-7,19H,8-9H2,(H,18,20). The van der Waals surface area contributed by atoms with Crippen molar-refractivity contribution in [3.63, 3.8) is 0 Å². The molecule has 0 saturated heterocycles. The maximum absolute atomic E-state index is 12.0. The Kier molecular flexibility index (Phi) is 5.01. The summed E-state index contributed by atoms with van der Waals surface area (Å²) >= 11 is 11.9. The van der Waals surface area contributed by atoms with Crippen LogP contribution in [-0.2, 0) is 13.2 Å². The maximum atomic E-state index is 12.0. The Morgan fingerprint density at radius 1 is 1.05 bits per heavy atom. The first-order chi connectivity index (χ1) is 9.61. The Hall–Kier alpha value is -1.55. The molecule has 2 aromatic rings. The quantitative estimate of drug-likeness (QED) is 0.909. The van der Waals surface area contributed by atoms with E-state index in [1.54, 1.807) is 18.2 Å². The first kappa shape index (κ1) is 14.9. The van der Waals surface area contributed by atoms with E-state index in [0.717, 1.165) is 11.1 Å². The second-order valence-electron chi connectivity index (χ2n) is 4.26. The molecule has 1 amide bonds. The number of benzene rings is 2. The van der Waals surface area contributed by atoms with Gasteiger partial charge in [-0.2, -0.15) is 0 Å². The zero-order valence-corrected chi connectivity index (χ0v) is 12.1. The number of amides is 1. The van der Waals surface area contributed by atoms with E-state index in [1.165, 1.54) is 0 Å². The molecule has 2 aromatic carbocycles. The van der Waals surface area contributed by atoms with E-state index in [4.69, 9.17) is 28.3 Å². The summed E-state index contributed by atoms with van der Waals surface area (Å²) in [5.41, 5.74) is 2.12. The number of aliphatic hydroxyl groups excluding tert-OH is 1. The minimum atomic E-state index is -0.274. The van der Waals surface area contributed by atoms with Gasteiger partial charge in [0.25, 0.3) is 5.91 Å². The Morgan fingerprint density at radius 3 is 2.35 bits per heavy atom. The highest BCUT2D eigenvalue weighted by atomic mass is 35.5. The van der Waals surface area contributed by atoms with Gasteiger partial charge in [0.2, 0.25) is 0 Å². The third kappa shape index (κ3) is 3.51. The van der Waals surface area contributed by atoms with Gasteiger partial charge in [-0.1, -0.05) is 53.5 Å². The minimum Gasteiger partial charge on any atom is -0.392 e. The van der Waals surface area contributed by atoms with Crippen LogP contribution in [0.25, 0.3) is 0 Å². The van der Waals surface area contributed by atoms with Crippen LogP contribution in [0, 0.1) is 0 Å². The molecule has 0 aliphatic rings. The van der Waals surface area contributed by atoms with E-state index in [0.29, 0.717) is 17.1 Å². The maximum Gasteiger partial charge on any atom is 0.253 e. The number of carbonyl (C=O) groups is 1. The fourth-order valence-electron chi connectivity index (χ4n) is 1.72. The molecule has 5 heteroatoms. The van der Waals surface area contributed by atoms with Gasteiger partial charge in [0.15, 0.2) is 0 Å². The molecule has 0 bridgehead atoms. The van der Waals surface area contributed by atoms with Crippen LogP contribution >= 0.6 is 23.2 Å². The van der Waals surface area contributed by atoms with Crippen molar-refractivity contribution in [1.82, 2.24) is 5.32 Å². The first-order valence-corrected chi connectivity index (χ1v) is 6.78. The van der Waals surface area contributed by atoms with Crippen molar-refractivity contribution in [3.05, 3.63) is 69.2 Å². The molecule has 0 atom stereocenters. The van der Waals surface area contributed by atoms with Crippen LogP contribution in [0.3, 0.4) is 0 Å². The van der Waals surface area contributed by atoms with Crippen molar-refractivity contribution in [2.24, 2.45) is 0 Å². The van der Waals surface area contributed by atoms with Crippen molar-refractivity contribution in [2.75, 3.05) is 0 Å². The van der Waals surface area contributed by atoms with Crippen molar-refractivity contribution in [3.8, 4) is 0 Å². The van der Waals surface area contributed by atoms with Gasteiger partial charge in [0, 0.05) is 6.54 Å². The third-order valence-electron chi connectivity index (χ3n) is 2.85. The molecule has 2 rings (SSSR count). The van der Waals surface area contributed by atoms with Gasteiger partial charge in [-0.25, -0.2) is 0 Å². The predicted molar refractivity (Wildman–Crippen MR) is 80.0 cm³/mol. The SMILES string of the molecule is O=C(NCc1ccc(CO)cc1)c1cccc(Cl)c1Cl. The van der Waals surface area contributed by atoms with Gasteiger partial charge in [-0.15, -0.1) is 0 Å². The molecular formula is C15H13Cl2NO2. The number of hydrogen-bond donors (Lipinski definition) is 2. The summed E-state index contributed by atoms with van der Waals surface area (Å²) in [6.45, 7) is 0.387. The van der Waals surface area contributed by atoms with Gasteiger partial charge in [0.05, 0.1) is 22.2 Å². The summed E-state index contributed by atoms with van der Waals surface area (Å²) in [6, 6.07) is 12.3. The minimum absolute atomic E-state index is 0.00472. The summed E-state index contributed by atoms with van der Waals surface area (Å²) in [7, 11) is 0. The molecule has 0 fully saturated rings. The molecule has 0 radical (unpaired) electrons. The molecule has 3 nitrogen and oxygen atoms in total. The fourth-order valence-corrected chi connectivity index (χ4v) is 2.11. The van der Waals surface area contributed by atoms with Crippen molar-refractivity contribution in [2.45, 2.75) is 13.2 Å². The van der Waals surface area contributed by atoms with E-state index < -0.39 is 0 Å². The lowest BCUT2D eigenvalue weighted by molar-refractivity contribution is 0.0951. The number of aliphatic hydroxyl groups is 1. The molecular weight excluding hydrogens is 297 g/mol. The second kappa shape index (κ2) is 6.75. The van der Waals surface area contributed by atoms with Crippen LogP contribution in [-0.4, -0.2) is 11.0 Å². The predicted octanol–water partition coefficient (Wildman–Crippen LogP) is 3.42. The van der Waals surface area contributed by atoms with Gasteiger partial charge in [0.1, 0.15) is 0 Å². The lowest BCUT2D eigenvalue weighted by Gasteiger charge is -2.08. The van der Waals surface area contributed by atoms with E-state index in [9.17, 15) is 4.79 Å². The number of nitrogens with one attached hydrogen (secondary N) is 1. The summed E-state index contributed by atoms with van der Waals surface area (Å²) in [4.78, 5) is 12.0. The number of rotatable bonds is 4. The smallest absolute Gasteiger partial charge is 0.253 e. The van der Waals surface area contributed by atoms with Crippen LogP contribution < -0.4 is 5.32 Å². The lowest BCUT2D eigenvalue weighted by Crippen LogP contribution is -2.23. The van der Waals surface area contributed by atoms with Crippen molar-refractivity contribution >= 4 is 29.1 Å². The molecule has 0 aliphatic heterocycles. The summed E-state index contributed by atoms with van der Waals surface area (Å²) < 4.78 is 0. The van der Waals surface area contributed by atoms with E-state index in [1.807, 2.05) is 24.3 Å². The van der Waals surface area contributed by atoms with E-state index in [2.05, 4.69) is 5.32 Å². The molecule has 0 heterocycles. The van der Waals surface area contributed by atoms with Gasteiger partial charge >= 0.3 is 0 Å². The van der Waals surface area contributed by atoms with Crippen molar-refractivity contribution in [1.29, 1.82) is 0 Å². The Labute approximate surface area is 127 Å². The van der Waals surface area contributed by atoms with Gasteiger partial charge < -0.3 is 10.4 Å². The van der Waals surface area contributed by atoms with Gasteiger partial charge in [-0.3, -0.25) is 4.79 Å². The van der Waals surface area contributed by atoms with Gasteiger partial charge in [-0.05, 0) is 23.3 Å². The molecule has 20 heavy (non-hydrogen) atoms. The molecule has 0 unspecified atom stereocenters. The van der Waals surface area contributed by atoms with Crippen LogP contribution in [0.2, 0.25) is 10.0 Å². The van der Waals surface area contributed by atoms with Crippen LogP contribution in [0.1, 0.15) is 21.5 Å². The normalized spacial score (nSPS) is 10.3. The molecule has 0 aliphatic carbocycles. The second-order valence-corrected chi connectivity index (χ2v) is 5.04. The number of halogens is 2.